The van der Waals surface area contributed by atoms with Gasteiger partial charge in [-0.3, -0.25) is 0 Å². The summed E-state index contributed by atoms with van der Waals surface area (Å²) in [5.74, 6) is 3.31. The van der Waals surface area contributed by atoms with E-state index < -0.39 is 0 Å². The van der Waals surface area contributed by atoms with E-state index >= 15 is 0 Å². The van der Waals surface area contributed by atoms with Crippen LogP contribution >= 0.6 is 35.3 Å². The van der Waals surface area contributed by atoms with Gasteiger partial charge in [-0.15, -0.1) is 45.5 Å². The second-order valence-corrected chi connectivity index (χ2v) is 8.20. The molecular weight excluding hydrogens is 539 g/mol. The van der Waals surface area contributed by atoms with Gasteiger partial charge < -0.3 is 24.7 Å². The number of hydrogen-bond acceptors (Lipinski definition) is 6. The Morgan fingerprint density at radius 1 is 1.19 bits per heavy atom. The van der Waals surface area contributed by atoms with Crippen LogP contribution in [0, 0.1) is 0 Å². The van der Waals surface area contributed by atoms with E-state index in [1.54, 1.807) is 17.7 Å². The first-order valence-corrected chi connectivity index (χ1v) is 11.5. The van der Waals surface area contributed by atoms with Crippen LogP contribution in [0.25, 0.3) is 0 Å². The number of fused-ring (bicyclic) bond motifs is 1. The lowest BCUT2D eigenvalue weighted by Gasteiger charge is -2.25. The minimum atomic E-state index is -0.115. The van der Waals surface area contributed by atoms with Gasteiger partial charge in [-0.1, -0.05) is 25.1 Å². The van der Waals surface area contributed by atoms with Crippen molar-refractivity contribution in [2.75, 3.05) is 26.2 Å². The van der Waals surface area contributed by atoms with Crippen molar-refractivity contribution < 1.29 is 9.47 Å². The van der Waals surface area contributed by atoms with E-state index in [4.69, 9.17) is 14.5 Å². The highest BCUT2D eigenvalue weighted by Gasteiger charge is 2.20. The van der Waals surface area contributed by atoms with Crippen molar-refractivity contribution in [2.45, 2.75) is 32.4 Å². The van der Waals surface area contributed by atoms with Gasteiger partial charge in [0.2, 0.25) is 0 Å². The number of thiophene rings is 1. The molecule has 32 heavy (non-hydrogen) atoms. The van der Waals surface area contributed by atoms with Crippen molar-refractivity contribution in [3.8, 4) is 11.5 Å². The summed E-state index contributed by atoms with van der Waals surface area (Å²) in [7, 11) is 0. The largest absolute Gasteiger partial charge is 0.486 e. The highest BCUT2D eigenvalue weighted by atomic mass is 127. The number of aromatic nitrogens is 3. The molecule has 3 heterocycles. The van der Waals surface area contributed by atoms with Gasteiger partial charge in [0.1, 0.15) is 18.8 Å². The molecule has 1 aliphatic rings. The molecule has 1 aromatic carbocycles. The van der Waals surface area contributed by atoms with Crippen LogP contribution in [0.4, 0.5) is 0 Å². The van der Waals surface area contributed by atoms with Crippen LogP contribution in [-0.4, -0.2) is 53.1 Å². The summed E-state index contributed by atoms with van der Waals surface area (Å²) >= 11 is 1.77. The quantitative estimate of drug-likeness (QED) is 0.235. The minimum absolute atomic E-state index is 0. The second kappa shape index (κ2) is 12.6. The average molecular weight is 568 g/mol. The van der Waals surface area contributed by atoms with Gasteiger partial charge in [0.05, 0.1) is 6.54 Å². The van der Waals surface area contributed by atoms with Crippen molar-refractivity contribution in [3.63, 3.8) is 0 Å². The maximum atomic E-state index is 6.03. The Morgan fingerprint density at radius 3 is 2.84 bits per heavy atom. The number of rotatable bonds is 9. The minimum Gasteiger partial charge on any atom is -0.486 e. The fourth-order valence-electron chi connectivity index (χ4n) is 3.31. The molecule has 1 unspecified atom stereocenters. The molecule has 0 saturated carbocycles. The maximum Gasteiger partial charge on any atom is 0.191 e. The Bertz CT molecular complexity index is 978. The smallest absolute Gasteiger partial charge is 0.191 e. The number of nitrogens with one attached hydrogen (secondary N) is 2. The molecule has 4 rings (SSSR count). The molecule has 0 radical (unpaired) electrons. The third kappa shape index (κ3) is 6.83. The first-order valence-electron chi connectivity index (χ1n) is 10.6. The van der Waals surface area contributed by atoms with E-state index in [2.05, 4.69) is 49.8 Å². The molecule has 1 aliphatic heterocycles. The average Bonchev–Trinajstić information content (AvgIpc) is 3.49. The van der Waals surface area contributed by atoms with Gasteiger partial charge in [0, 0.05) is 30.9 Å². The van der Waals surface area contributed by atoms with Crippen LogP contribution in [0.3, 0.4) is 0 Å². The molecule has 8 nitrogen and oxygen atoms in total. The number of halogens is 1. The van der Waals surface area contributed by atoms with Gasteiger partial charge in [-0.05, 0) is 30.0 Å². The van der Waals surface area contributed by atoms with E-state index in [-0.39, 0.29) is 30.1 Å². The molecule has 0 saturated heterocycles. The Balaban J connectivity index is 0.00000289. The van der Waals surface area contributed by atoms with Gasteiger partial charge >= 0.3 is 0 Å². The van der Waals surface area contributed by atoms with Crippen LogP contribution in [0.5, 0.6) is 11.5 Å². The summed E-state index contributed by atoms with van der Waals surface area (Å²) < 4.78 is 13.9. The molecule has 0 fully saturated rings. The molecule has 2 N–H and O–H groups in total. The van der Waals surface area contributed by atoms with Crippen molar-refractivity contribution in [1.29, 1.82) is 0 Å². The van der Waals surface area contributed by atoms with E-state index in [1.807, 2.05) is 24.3 Å². The molecule has 0 bridgehead atoms. The van der Waals surface area contributed by atoms with E-state index in [0.29, 0.717) is 13.2 Å². The molecule has 2 aromatic heterocycles. The van der Waals surface area contributed by atoms with Crippen LogP contribution in [0.15, 0.2) is 53.1 Å². The molecule has 10 heteroatoms. The summed E-state index contributed by atoms with van der Waals surface area (Å²) in [6.45, 7) is 5.39. The predicted molar refractivity (Wildman–Crippen MR) is 137 cm³/mol. The highest BCUT2D eigenvalue weighted by molar-refractivity contribution is 14.0. The monoisotopic (exact) mass is 568 g/mol. The molecule has 0 aliphatic carbocycles. The number of ether oxygens (including phenoxy) is 2. The predicted octanol–water partition coefficient (Wildman–Crippen LogP) is 3.14. The Kier molecular flexibility index (Phi) is 9.60. The Labute approximate surface area is 209 Å². The molecule has 3 aromatic rings. The fourth-order valence-corrected chi connectivity index (χ4v) is 4.02. The van der Waals surface area contributed by atoms with Crippen molar-refractivity contribution in [1.82, 2.24) is 25.4 Å². The third-order valence-electron chi connectivity index (χ3n) is 4.92. The lowest BCUT2D eigenvalue weighted by Crippen LogP contribution is -2.41. The first kappa shape index (κ1) is 24.3. The van der Waals surface area contributed by atoms with E-state index in [9.17, 15) is 0 Å². The summed E-state index contributed by atoms with van der Waals surface area (Å²) in [6.07, 6.45) is 3.47. The molecule has 172 valence electrons. The summed E-state index contributed by atoms with van der Waals surface area (Å²) in [5.41, 5.74) is 0. The number of nitrogens with zero attached hydrogens (tertiary/aromatic N) is 4. The molecule has 0 spiro atoms. The Morgan fingerprint density at radius 2 is 2.03 bits per heavy atom. The molecule has 1 atom stereocenters. The maximum absolute atomic E-state index is 6.03. The first-order chi connectivity index (χ1) is 15.3. The van der Waals surface area contributed by atoms with Crippen LogP contribution in [0.1, 0.15) is 17.6 Å². The van der Waals surface area contributed by atoms with Crippen molar-refractivity contribution in [3.05, 3.63) is 58.8 Å². The number of aliphatic imine (C=N–C) groups is 1. The second-order valence-electron chi connectivity index (χ2n) is 7.16. The number of guanidine groups is 1. The fraction of sp³-hybridized carbons (Fsp3) is 0.409. The topological polar surface area (TPSA) is 85.6 Å². The molecular formula is C22H29IN6O2S. The van der Waals surface area contributed by atoms with Gasteiger partial charge in [-0.2, -0.15) is 0 Å². The number of para-hydroxylation sites is 2. The van der Waals surface area contributed by atoms with Crippen molar-refractivity contribution >= 4 is 41.3 Å². The lowest BCUT2D eigenvalue weighted by atomic mass is 10.2. The van der Waals surface area contributed by atoms with Crippen LogP contribution < -0.4 is 20.1 Å². The van der Waals surface area contributed by atoms with E-state index in [0.717, 1.165) is 55.8 Å². The summed E-state index contributed by atoms with van der Waals surface area (Å²) in [6, 6.07) is 12.0. The van der Waals surface area contributed by atoms with E-state index in [1.165, 1.54) is 4.88 Å². The Hall–Kier alpha value is -2.34. The van der Waals surface area contributed by atoms with Crippen molar-refractivity contribution in [2.24, 2.45) is 4.99 Å². The summed E-state index contributed by atoms with van der Waals surface area (Å²) in [4.78, 5) is 6.10. The van der Waals surface area contributed by atoms with Crippen LogP contribution in [0.2, 0.25) is 0 Å². The normalized spacial score (nSPS) is 15.2. The zero-order chi connectivity index (χ0) is 21.3. The van der Waals surface area contributed by atoms with Crippen LogP contribution in [-0.2, 0) is 19.4 Å². The standard InChI is InChI=1S/C22H28N6O2S.HI/c1-2-21-27-26-16-28(21)12-11-24-22(23-10-9-18-6-5-13-31-18)25-14-17-15-29-19-7-3-4-8-20(19)30-17;/h3-8,13,16-17H,2,9-12,14-15H2,1H3,(H2,23,24,25);1H. The number of benzene rings is 1. The SMILES string of the molecule is CCc1nncn1CCNC(=NCC1COc2ccccc2O1)NCCc1cccs1.I. The summed E-state index contributed by atoms with van der Waals surface area (Å²) in [5, 5.41) is 17.1. The van der Waals surface area contributed by atoms with Gasteiger partial charge in [-0.25, -0.2) is 4.99 Å². The zero-order valence-electron chi connectivity index (χ0n) is 18.1. The molecule has 0 amide bonds. The highest BCUT2D eigenvalue weighted by Crippen LogP contribution is 2.30. The zero-order valence-corrected chi connectivity index (χ0v) is 21.2. The van der Waals surface area contributed by atoms with Gasteiger partial charge in [0.15, 0.2) is 23.6 Å². The van der Waals surface area contributed by atoms with Gasteiger partial charge in [0.25, 0.3) is 0 Å². The third-order valence-corrected chi connectivity index (χ3v) is 5.86. The number of hydrogen-bond donors (Lipinski definition) is 2. The lowest BCUT2D eigenvalue weighted by molar-refractivity contribution is 0.0971. The number of aryl methyl sites for hydroxylation is 1.